The number of rotatable bonds is 6. The first-order valence-corrected chi connectivity index (χ1v) is 11.6. The Morgan fingerprint density at radius 3 is 2.41 bits per heavy atom. The molecule has 2 N–H and O–H groups in total. The van der Waals surface area contributed by atoms with Crippen molar-refractivity contribution in [3.63, 3.8) is 0 Å². The molecule has 1 unspecified atom stereocenters. The number of hydrogen-bond acceptors (Lipinski definition) is 3. The van der Waals surface area contributed by atoms with E-state index >= 15 is 0 Å². The number of nitrogens with zero attached hydrogens (tertiary/aromatic N) is 3. The molecule has 1 aromatic rings. The number of carbonyl (C=O) groups is 2. The van der Waals surface area contributed by atoms with Crippen LogP contribution in [0.1, 0.15) is 61.4 Å². The van der Waals surface area contributed by atoms with Gasteiger partial charge in [0.2, 0.25) is 5.91 Å². The van der Waals surface area contributed by atoms with E-state index in [9.17, 15) is 9.59 Å². The smallest absolute Gasteiger partial charge is 0.253 e. The molecule has 1 saturated heterocycles. The summed E-state index contributed by atoms with van der Waals surface area (Å²) in [5.74, 6) is 1.35. The van der Waals surface area contributed by atoms with Gasteiger partial charge in [0.1, 0.15) is 0 Å². The van der Waals surface area contributed by atoms with E-state index in [1.54, 1.807) is 19.0 Å². The quantitative estimate of drug-likeness (QED) is 0.321. The van der Waals surface area contributed by atoms with Gasteiger partial charge in [-0.25, -0.2) is 4.99 Å². The highest BCUT2D eigenvalue weighted by atomic mass is 127. The molecule has 1 saturated carbocycles. The SMILES string of the molecule is CCNC(=NCc1ccc(C(=O)N(C)C)cc1)NC1CCN(C(=O)C2CCCCC2)C1.I. The summed E-state index contributed by atoms with van der Waals surface area (Å²) in [5.41, 5.74) is 1.73. The maximum Gasteiger partial charge on any atom is 0.253 e. The third-order valence-electron chi connectivity index (χ3n) is 6.17. The lowest BCUT2D eigenvalue weighted by atomic mass is 9.88. The van der Waals surface area contributed by atoms with Gasteiger partial charge < -0.3 is 20.4 Å². The molecule has 2 fully saturated rings. The van der Waals surface area contributed by atoms with Crippen molar-refractivity contribution in [3.05, 3.63) is 35.4 Å². The van der Waals surface area contributed by atoms with Crippen LogP contribution in [0.5, 0.6) is 0 Å². The molecule has 2 amide bonds. The van der Waals surface area contributed by atoms with Crippen LogP contribution < -0.4 is 10.6 Å². The molecule has 7 nitrogen and oxygen atoms in total. The molecule has 1 heterocycles. The Hall–Kier alpha value is -1.84. The minimum Gasteiger partial charge on any atom is -0.357 e. The average molecular weight is 556 g/mol. The molecule has 3 rings (SSSR count). The topological polar surface area (TPSA) is 77.0 Å². The third kappa shape index (κ3) is 7.35. The Balaban J connectivity index is 0.00000363. The average Bonchev–Trinajstić information content (AvgIpc) is 3.26. The van der Waals surface area contributed by atoms with E-state index in [1.807, 2.05) is 36.1 Å². The molecule has 8 heteroatoms. The van der Waals surface area contributed by atoms with Crippen LogP contribution in [-0.2, 0) is 11.3 Å². The molecule has 1 aliphatic heterocycles. The number of nitrogens with one attached hydrogen (secondary N) is 2. The number of carbonyl (C=O) groups excluding carboxylic acids is 2. The Morgan fingerprint density at radius 2 is 1.78 bits per heavy atom. The van der Waals surface area contributed by atoms with Crippen LogP contribution in [0.2, 0.25) is 0 Å². The van der Waals surface area contributed by atoms with Crippen molar-refractivity contribution in [2.24, 2.45) is 10.9 Å². The van der Waals surface area contributed by atoms with Gasteiger partial charge in [-0.1, -0.05) is 31.4 Å². The van der Waals surface area contributed by atoms with Gasteiger partial charge in [-0.05, 0) is 43.9 Å². The molecular formula is C24H38IN5O2. The fourth-order valence-electron chi connectivity index (χ4n) is 4.38. The minimum atomic E-state index is -0.00128. The largest absolute Gasteiger partial charge is 0.357 e. The summed E-state index contributed by atoms with van der Waals surface area (Å²) < 4.78 is 0. The third-order valence-corrected chi connectivity index (χ3v) is 6.17. The van der Waals surface area contributed by atoms with E-state index in [2.05, 4.69) is 10.6 Å². The molecule has 0 spiro atoms. The van der Waals surface area contributed by atoms with Crippen molar-refractivity contribution >= 4 is 41.8 Å². The maximum absolute atomic E-state index is 12.8. The first-order chi connectivity index (χ1) is 15.0. The van der Waals surface area contributed by atoms with E-state index in [4.69, 9.17) is 4.99 Å². The van der Waals surface area contributed by atoms with Crippen molar-refractivity contribution in [2.75, 3.05) is 33.7 Å². The summed E-state index contributed by atoms with van der Waals surface area (Å²) in [7, 11) is 3.50. The van der Waals surface area contributed by atoms with E-state index in [0.717, 1.165) is 50.4 Å². The summed E-state index contributed by atoms with van der Waals surface area (Å²) in [6.45, 7) is 4.93. The Morgan fingerprint density at radius 1 is 1.09 bits per heavy atom. The first-order valence-electron chi connectivity index (χ1n) is 11.6. The number of aliphatic imine (C=N–C) groups is 1. The number of benzene rings is 1. The Bertz CT molecular complexity index is 775. The molecule has 1 aliphatic carbocycles. The molecule has 32 heavy (non-hydrogen) atoms. The zero-order valence-electron chi connectivity index (χ0n) is 19.6. The van der Waals surface area contributed by atoms with E-state index in [-0.39, 0.29) is 41.8 Å². The molecule has 1 aromatic carbocycles. The Kier molecular flexibility index (Phi) is 10.7. The highest BCUT2D eigenvalue weighted by molar-refractivity contribution is 14.0. The van der Waals surface area contributed by atoms with Crippen LogP contribution in [0.3, 0.4) is 0 Å². The lowest BCUT2D eigenvalue weighted by Gasteiger charge is -2.26. The fraction of sp³-hybridized carbons (Fsp3) is 0.625. The van der Waals surface area contributed by atoms with Crippen LogP contribution in [-0.4, -0.2) is 67.3 Å². The van der Waals surface area contributed by atoms with Gasteiger partial charge in [0.05, 0.1) is 6.54 Å². The van der Waals surface area contributed by atoms with E-state index in [1.165, 1.54) is 19.3 Å². The van der Waals surface area contributed by atoms with Crippen LogP contribution in [0.4, 0.5) is 0 Å². The van der Waals surface area contributed by atoms with Crippen LogP contribution in [0, 0.1) is 5.92 Å². The predicted molar refractivity (Wildman–Crippen MR) is 139 cm³/mol. The standard InChI is InChI=1S/C24H37N5O2.HI/c1-4-25-24(26-16-18-10-12-20(13-11-18)22(30)28(2)3)27-21-14-15-29(17-21)23(31)19-8-6-5-7-9-19;/h10-13,19,21H,4-9,14-17H2,1-3H3,(H2,25,26,27);1H. The number of halogens is 1. The van der Waals surface area contributed by atoms with Crippen molar-refractivity contribution in [3.8, 4) is 0 Å². The lowest BCUT2D eigenvalue weighted by Crippen LogP contribution is -2.45. The van der Waals surface area contributed by atoms with Gasteiger partial charge in [0.25, 0.3) is 5.91 Å². The second-order valence-electron chi connectivity index (χ2n) is 8.84. The van der Waals surface area contributed by atoms with E-state index < -0.39 is 0 Å². The second-order valence-corrected chi connectivity index (χ2v) is 8.84. The lowest BCUT2D eigenvalue weighted by molar-refractivity contribution is -0.135. The van der Waals surface area contributed by atoms with Gasteiger partial charge in [-0.3, -0.25) is 9.59 Å². The summed E-state index contributed by atoms with van der Waals surface area (Å²) >= 11 is 0. The molecule has 0 aromatic heterocycles. The number of amides is 2. The highest BCUT2D eigenvalue weighted by Crippen LogP contribution is 2.26. The molecule has 1 atom stereocenters. The van der Waals surface area contributed by atoms with Gasteiger partial charge in [-0.15, -0.1) is 24.0 Å². The number of hydrogen-bond donors (Lipinski definition) is 2. The summed E-state index contributed by atoms with van der Waals surface area (Å²) in [6, 6.07) is 7.82. The summed E-state index contributed by atoms with van der Waals surface area (Å²) in [4.78, 5) is 33.2. The maximum atomic E-state index is 12.8. The summed E-state index contributed by atoms with van der Waals surface area (Å²) in [6.07, 6.45) is 6.70. The molecule has 0 radical (unpaired) electrons. The zero-order chi connectivity index (χ0) is 22.2. The van der Waals surface area contributed by atoms with E-state index in [0.29, 0.717) is 18.0 Å². The molecule has 2 aliphatic rings. The van der Waals surface area contributed by atoms with Gasteiger partial charge in [0.15, 0.2) is 5.96 Å². The van der Waals surface area contributed by atoms with Crippen molar-refractivity contribution < 1.29 is 9.59 Å². The van der Waals surface area contributed by atoms with Gasteiger partial charge in [-0.2, -0.15) is 0 Å². The molecule has 178 valence electrons. The van der Waals surface area contributed by atoms with Crippen LogP contribution in [0.15, 0.2) is 29.3 Å². The summed E-state index contributed by atoms with van der Waals surface area (Å²) in [5, 5.41) is 6.81. The number of guanidine groups is 1. The Labute approximate surface area is 209 Å². The van der Waals surface area contributed by atoms with Crippen molar-refractivity contribution in [1.82, 2.24) is 20.4 Å². The number of likely N-dealkylation sites (tertiary alicyclic amines) is 1. The monoisotopic (exact) mass is 555 g/mol. The van der Waals surface area contributed by atoms with Gasteiger partial charge in [0, 0.05) is 51.3 Å². The van der Waals surface area contributed by atoms with Crippen molar-refractivity contribution in [2.45, 2.75) is 58.0 Å². The second kappa shape index (κ2) is 13.0. The molecular weight excluding hydrogens is 517 g/mol. The molecule has 0 bridgehead atoms. The predicted octanol–water partition coefficient (Wildman–Crippen LogP) is 3.24. The minimum absolute atomic E-state index is 0. The first kappa shape index (κ1) is 26.4. The van der Waals surface area contributed by atoms with Crippen molar-refractivity contribution in [1.29, 1.82) is 0 Å². The van der Waals surface area contributed by atoms with Gasteiger partial charge >= 0.3 is 0 Å². The zero-order valence-corrected chi connectivity index (χ0v) is 21.9. The van der Waals surface area contributed by atoms with Crippen LogP contribution >= 0.6 is 24.0 Å². The van der Waals surface area contributed by atoms with Crippen LogP contribution in [0.25, 0.3) is 0 Å². The highest BCUT2D eigenvalue weighted by Gasteiger charge is 2.31. The normalized spacial score (nSPS) is 19.3. The fourth-order valence-corrected chi connectivity index (χ4v) is 4.38.